The first kappa shape index (κ1) is 15.2. The van der Waals surface area contributed by atoms with E-state index in [1.165, 1.54) is 18.2 Å². The summed E-state index contributed by atoms with van der Waals surface area (Å²) in [4.78, 5) is 36.3. The summed E-state index contributed by atoms with van der Waals surface area (Å²) in [7, 11) is 0. The van der Waals surface area contributed by atoms with Gasteiger partial charge in [-0.3, -0.25) is 9.59 Å². The average Bonchev–Trinajstić information content (AvgIpc) is 2.57. The fourth-order valence-corrected chi connectivity index (χ4v) is 2.42. The first-order chi connectivity index (χ1) is 11.1. The third-order valence-corrected chi connectivity index (χ3v) is 3.72. The van der Waals surface area contributed by atoms with Gasteiger partial charge in [-0.25, -0.2) is 4.79 Å². The molecular formula is C18H11ClO4. The Balaban J connectivity index is 1.74. The van der Waals surface area contributed by atoms with E-state index in [0.717, 1.165) is 0 Å². The zero-order valence-corrected chi connectivity index (χ0v) is 12.7. The highest BCUT2D eigenvalue weighted by Gasteiger charge is 2.25. The van der Waals surface area contributed by atoms with Crippen LogP contribution in [0.2, 0.25) is 5.02 Å². The summed E-state index contributed by atoms with van der Waals surface area (Å²) >= 11 is 5.75. The van der Waals surface area contributed by atoms with Crippen LogP contribution in [0.25, 0.3) is 0 Å². The number of carbonyl (C=O) groups excluding carboxylic acids is 3. The van der Waals surface area contributed by atoms with Crippen LogP contribution in [-0.2, 0) is 4.74 Å². The molecular weight excluding hydrogens is 316 g/mol. The monoisotopic (exact) mass is 326 g/mol. The molecule has 0 saturated carbocycles. The number of Topliss-reactive ketones (excluding diaryl/α,β-unsaturated/α-hetero) is 1. The predicted molar refractivity (Wildman–Crippen MR) is 84.9 cm³/mol. The molecule has 0 aromatic heterocycles. The van der Waals surface area contributed by atoms with Gasteiger partial charge in [-0.2, -0.15) is 0 Å². The van der Waals surface area contributed by atoms with E-state index in [4.69, 9.17) is 16.3 Å². The highest BCUT2D eigenvalue weighted by Crippen LogP contribution is 2.21. The second-order valence-electron chi connectivity index (χ2n) is 4.99. The average molecular weight is 327 g/mol. The molecule has 2 aromatic carbocycles. The lowest BCUT2D eigenvalue weighted by molar-refractivity contribution is 0.0535. The number of ether oxygens (including phenoxy) is 1. The van der Waals surface area contributed by atoms with Gasteiger partial charge in [-0.1, -0.05) is 35.9 Å². The normalized spacial score (nSPS) is 13.3. The van der Waals surface area contributed by atoms with Crippen LogP contribution in [0.15, 0.2) is 60.2 Å². The fraction of sp³-hybridized carbons (Fsp3) is 0.0556. The molecule has 2 aromatic rings. The summed E-state index contributed by atoms with van der Waals surface area (Å²) in [5, 5.41) is 0.508. The molecule has 0 spiro atoms. The van der Waals surface area contributed by atoms with Gasteiger partial charge in [-0.15, -0.1) is 0 Å². The molecule has 0 saturated heterocycles. The first-order valence-electron chi connectivity index (χ1n) is 6.87. The zero-order valence-electron chi connectivity index (χ0n) is 11.9. The summed E-state index contributed by atoms with van der Waals surface area (Å²) in [6.07, 6.45) is 1.22. The molecule has 0 heterocycles. The Morgan fingerprint density at radius 3 is 2.30 bits per heavy atom. The molecule has 0 amide bonds. The molecule has 0 bridgehead atoms. The smallest absolute Gasteiger partial charge is 0.338 e. The van der Waals surface area contributed by atoms with E-state index in [1.54, 1.807) is 36.4 Å². The van der Waals surface area contributed by atoms with Crippen LogP contribution in [0.5, 0.6) is 0 Å². The molecule has 0 fully saturated rings. The van der Waals surface area contributed by atoms with Crippen LogP contribution in [0, 0.1) is 0 Å². The number of hydrogen-bond donors (Lipinski definition) is 0. The van der Waals surface area contributed by atoms with Gasteiger partial charge in [0.15, 0.2) is 11.6 Å². The maximum Gasteiger partial charge on any atom is 0.338 e. The number of ketones is 2. The topological polar surface area (TPSA) is 60.4 Å². The van der Waals surface area contributed by atoms with E-state index in [2.05, 4.69) is 0 Å². The summed E-state index contributed by atoms with van der Waals surface area (Å²) in [6, 6.07) is 12.8. The molecule has 0 N–H and O–H groups in total. The van der Waals surface area contributed by atoms with Gasteiger partial charge in [0.1, 0.15) is 6.61 Å². The standard InChI is InChI=1S/C18H11ClO4/c19-13-7-5-11(6-8-13)18(22)23-10-12-9-16(20)14-3-1-2-4-15(14)17(12)21/h1-9H,10H2. The van der Waals surface area contributed by atoms with Gasteiger partial charge in [0, 0.05) is 21.7 Å². The van der Waals surface area contributed by atoms with Gasteiger partial charge in [-0.05, 0) is 30.3 Å². The van der Waals surface area contributed by atoms with Crippen molar-refractivity contribution >= 4 is 29.1 Å². The maximum atomic E-state index is 12.3. The Morgan fingerprint density at radius 2 is 1.61 bits per heavy atom. The van der Waals surface area contributed by atoms with E-state index in [9.17, 15) is 14.4 Å². The van der Waals surface area contributed by atoms with E-state index in [-0.39, 0.29) is 23.7 Å². The third kappa shape index (κ3) is 3.07. The number of hydrogen-bond acceptors (Lipinski definition) is 4. The minimum atomic E-state index is -0.582. The van der Waals surface area contributed by atoms with Crippen LogP contribution < -0.4 is 0 Å². The minimum Gasteiger partial charge on any atom is -0.457 e. The Kier molecular flexibility index (Phi) is 4.08. The van der Waals surface area contributed by atoms with Crippen LogP contribution >= 0.6 is 11.6 Å². The summed E-state index contributed by atoms with van der Waals surface area (Å²) in [6.45, 7) is -0.250. The zero-order chi connectivity index (χ0) is 16.4. The number of carbonyl (C=O) groups is 3. The van der Waals surface area contributed by atoms with Gasteiger partial charge in [0.25, 0.3) is 0 Å². The molecule has 0 unspecified atom stereocenters. The number of esters is 1. The van der Waals surface area contributed by atoms with Crippen LogP contribution in [0.4, 0.5) is 0 Å². The fourth-order valence-electron chi connectivity index (χ4n) is 2.29. The molecule has 1 aliphatic carbocycles. The Hall–Kier alpha value is -2.72. The lowest BCUT2D eigenvalue weighted by atomic mass is 9.90. The van der Waals surface area contributed by atoms with Gasteiger partial charge < -0.3 is 4.74 Å². The molecule has 114 valence electrons. The van der Waals surface area contributed by atoms with Crippen molar-refractivity contribution in [2.24, 2.45) is 0 Å². The number of allylic oxidation sites excluding steroid dienone is 1. The van der Waals surface area contributed by atoms with Crippen LogP contribution in [0.3, 0.4) is 0 Å². The maximum absolute atomic E-state index is 12.3. The number of fused-ring (bicyclic) bond motifs is 1. The van der Waals surface area contributed by atoms with E-state index in [1.807, 2.05) is 0 Å². The van der Waals surface area contributed by atoms with Crippen molar-refractivity contribution in [2.45, 2.75) is 0 Å². The Morgan fingerprint density at radius 1 is 0.957 bits per heavy atom. The SMILES string of the molecule is O=C(OCC1=CC(=O)c2ccccc2C1=O)c1ccc(Cl)cc1. The Bertz CT molecular complexity index is 834. The predicted octanol–water partition coefficient (Wildman–Crippen LogP) is 3.50. The van der Waals surface area contributed by atoms with E-state index in [0.29, 0.717) is 21.7 Å². The minimum absolute atomic E-state index is 0.163. The highest BCUT2D eigenvalue weighted by molar-refractivity contribution is 6.30. The van der Waals surface area contributed by atoms with Crippen LogP contribution in [0.1, 0.15) is 31.1 Å². The van der Waals surface area contributed by atoms with Crippen molar-refractivity contribution in [3.8, 4) is 0 Å². The van der Waals surface area contributed by atoms with Gasteiger partial charge >= 0.3 is 5.97 Å². The summed E-state index contributed by atoms with van der Waals surface area (Å²) in [5.74, 6) is -1.15. The third-order valence-electron chi connectivity index (χ3n) is 3.47. The van der Waals surface area contributed by atoms with Crippen molar-refractivity contribution in [3.63, 3.8) is 0 Å². The van der Waals surface area contributed by atoms with Gasteiger partial charge in [0.05, 0.1) is 5.56 Å². The van der Waals surface area contributed by atoms with E-state index < -0.39 is 5.97 Å². The van der Waals surface area contributed by atoms with Crippen molar-refractivity contribution < 1.29 is 19.1 Å². The molecule has 0 aliphatic heterocycles. The highest BCUT2D eigenvalue weighted by atomic mass is 35.5. The summed E-state index contributed by atoms with van der Waals surface area (Å²) < 4.78 is 5.12. The molecule has 5 heteroatoms. The Labute approximate surface area is 137 Å². The van der Waals surface area contributed by atoms with Crippen molar-refractivity contribution in [3.05, 3.63) is 81.9 Å². The van der Waals surface area contributed by atoms with Crippen molar-refractivity contribution in [1.82, 2.24) is 0 Å². The van der Waals surface area contributed by atoms with Crippen molar-refractivity contribution in [2.75, 3.05) is 6.61 Å². The quantitative estimate of drug-likeness (QED) is 0.810. The molecule has 0 radical (unpaired) electrons. The molecule has 4 nitrogen and oxygen atoms in total. The molecule has 23 heavy (non-hydrogen) atoms. The summed E-state index contributed by atoms with van der Waals surface area (Å²) in [5.41, 5.74) is 1.18. The second kappa shape index (κ2) is 6.18. The largest absolute Gasteiger partial charge is 0.457 e. The molecule has 1 aliphatic rings. The molecule has 3 rings (SSSR count). The number of rotatable bonds is 3. The first-order valence-corrected chi connectivity index (χ1v) is 7.25. The molecule has 0 atom stereocenters. The second-order valence-corrected chi connectivity index (χ2v) is 5.43. The number of halogens is 1. The van der Waals surface area contributed by atoms with Crippen molar-refractivity contribution in [1.29, 1.82) is 0 Å². The lowest BCUT2D eigenvalue weighted by Gasteiger charge is -2.14. The number of benzene rings is 2. The van der Waals surface area contributed by atoms with E-state index >= 15 is 0 Å². The van der Waals surface area contributed by atoms with Gasteiger partial charge in [0.2, 0.25) is 0 Å². The van der Waals surface area contributed by atoms with Crippen LogP contribution in [-0.4, -0.2) is 24.1 Å². The lowest BCUT2D eigenvalue weighted by Crippen LogP contribution is -2.21.